The lowest BCUT2D eigenvalue weighted by atomic mass is 9.86. The summed E-state index contributed by atoms with van der Waals surface area (Å²) < 4.78 is 7.11. The molecule has 1 aliphatic rings. The van der Waals surface area contributed by atoms with Gasteiger partial charge in [-0.05, 0) is 51.5 Å². The van der Waals surface area contributed by atoms with E-state index in [2.05, 4.69) is 15.4 Å². The molecule has 6 nitrogen and oxygen atoms in total. The summed E-state index contributed by atoms with van der Waals surface area (Å²) in [5.74, 6) is 0.873. The molecule has 8 heteroatoms. The van der Waals surface area contributed by atoms with Crippen molar-refractivity contribution in [2.75, 3.05) is 7.11 Å². The van der Waals surface area contributed by atoms with Crippen LogP contribution in [0, 0.1) is 19.8 Å². The minimum absolute atomic E-state index is 0.106. The lowest BCUT2D eigenvalue weighted by Crippen LogP contribution is -2.38. The maximum atomic E-state index is 12.5. The summed E-state index contributed by atoms with van der Waals surface area (Å²) in [6.45, 7) is 4.58. The van der Waals surface area contributed by atoms with E-state index in [4.69, 9.17) is 27.9 Å². The summed E-state index contributed by atoms with van der Waals surface area (Å²) in [5, 5.41) is 8.58. The number of rotatable bonds is 5. The third-order valence-corrected chi connectivity index (χ3v) is 5.85. The lowest BCUT2D eigenvalue weighted by Gasteiger charge is -2.29. The maximum absolute atomic E-state index is 12.5. The Bertz CT molecular complexity index is 829. The lowest BCUT2D eigenvalue weighted by molar-refractivity contribution is 0.0919. The summed E-state index contributed by atoms with van der Waals surface area (Å²) >= 11 is 12.2. The maximum Gasteiger partial charge on any atom is 0.253 e. The van der Waals surface area contributed by atoms with Crippen molar-refractivity contribution in [2.24, 2.45) is 5.92 Å². The van der Waals surface area contributed by atoms with Gasteiger partial charge in [0.1, 0.15) is 5.02 Å². The van der Waals surface area contributed by atoms with Crippen molar-refractivity contribution in [3.8, 4) is 5.88 Å². The Balaban J connectivity index is 1.55. The van der Waals surface area contributed by atoms with Gasteiger partial charge < -0.3 is 10.1 Å². The highest BCUT2D eigenvalue weighted by Crippen LogP contribution is 2.30. The summed E-state index contributed by atoms with van der Waals surface area (Å²) in [6, 6.07) is 1.84. The fourth-order valence-electron chi connectivity index (χ4n) is 3.54. The highest BCUT2D eigenvalue weighted by Gasteiger charge is 2.25. The van der Waals surface area contributed by atoms with Crippen molar-refractivity contribution in [2.45, 2.75) is 52.1 Å². The molecule has 0 unspecified atom stereocenters. The average Bonchev–Trinajstić information content (AvgIpc) is 2.93. The van der Waals surface area contributed by atoms with Crippen LogP contribution in [0.15, 0.2) is 12.3 Å². The van der Waals surface area contributed by atoms with Crippen LogP contribution in [0.4, 0.5) is 0 Å². The van der Waals surface area contributed by atoms with Crippen LogP contribution in [-0.2, 0) is 6.54 Å². The summed E-state index contributed by atoms with van der Waals surface area (Å²) in [7, 11) is 1.57. The Kier molecular flexibility index (Phi) is 6.27. The van der Waals surface area contributed by atoms with Crippen molar-refractivity contribution in [3.05, 3.63) is 39.3 Å². The van der Waals surface area contributed by atoms with Gasteiger partial charge in [-0.25, -0.2) is 0 Å². The number of carbonyl (C=O) groups is 1. The Labute approximate surface area is 169 Å². The number of pyridine rings is 1. The van der Waals surface area contributed by atoms with Gasteiger partial charge in [0.15, 0.2) is 0 Å². The van der Waals surface area contributed by atoms with E-state index in [1.807, 2.05) is 18.5 Å². The standard InChI is InChI=1S/C19H24Cl2N4O2/c1-11-16(8-14(20)9-22-11)18(26)23-15-6-4-13(5-7-15)10-25-12(2)17(21)19(24-25)27-3/h8-9,13,15H,4-7,10H2,1-3H3,(H,23,26). The molecule has 0 saturated heterocycles. The molecule has 1 saturated carbocycles. The molecule has 0 spiro atoms. The molecule has 1 N–H and O–H groups in total. The quantitative estimate of drug-likeness (QED) is 0.801. The van der Waals surface area contributed by atoms with Crippen LogP contribution in [-0.4, -0.2) is 33.8 Å². The van der Waals surface area contributed by atoms with Gasteiger partial charge in [-0.15, -0.1) is 5.10 Å². The smallest absolute Gasteiger partial charge is 0.253 e. The van der Waals surface area contributed by atoms with E-state index in [9.17, 15) is 4.79 Å². The molecule has 0 atom stereocenters. The van der Waals surface area contributed by atoms with Crippen molar-refractivity contribution in [1.29, 1.82) is 0 Å². The van der Waals surface area contributed by atoms with E-state index in [-0.39, 0.29) is 11.9 Å². The molecule has 146 valence electrons. The Hall–Kier alpha value is -1.79. The van der Waals surface area contributed by atoms with E-state index >= 15 is 0 Å². The average molecular weight is 411 g/mol. The molecule has 0 bridgehead atoms. The van der Waals surface area contributed by atoms with Gasteiger partial charge in [-0.1, -0.05) is 23.2 Å². The number of nitrogens with zero attached hydrogens (tertiary/aromatic N) is 3. The van der Waals surface area contributed by atoms with Crippen LogP contribution < -0.4 is 10.1 Å². The number of amides is 1. The van der Waals surface area contributed by atoms with Crippen LogP contribution >= 0.6 is 23.2 Å². The largest absolute Gasteiger partial charge is 0.479 e. The first-order valence-electron chi connectivity index (χ1n) is 9.09. The fraction of sp³-hybridized carbons (Fsp3) is 0.526. The monoisotopic (exact) mass is 410 g/mol. The minimum Gasteiger partial charge on any atom is -0.479 e. The molecule has 1 fully saturated rings. The Morgan fingerprint density at radius 2 is 2.00 bits per heavy atom. The van der Waals surface area contributed by atoms with Crippen LogP contribution in [0.2, 0.25) is 10.0 Å². The first-order valence-corrected chi connectivity index (χ1v) is 9.84. The van der Waals surface area contributed by atoms with Crippen LogP contribution in [0.3, 0.4) is 0 Å². The summed E-state index contributed by atoms with van der Waals surface area (Å²) in [4.78, 5) is 16.7. The molecular formula is C19H24Cl2N4O2. The number of aromatic nitrogens is 3. The number of hydrogen-bond acceptors (Lipinski definition) is 4. The molecule has 2 aromatic heterocycles. The molecule has 27 heavy (non-hydrogen) atoms. The fourth-order valence-corrected chi connectivity index (χ4v) is 3.91. The molecule has 1 aliphatic carbocycles. The Morgan fingerprint density at radius 3 is 2.63 bits per heavy atom. The minimum atomic E-state index is -0.106. The van der Waals surface area contributed by atoms with Crippen molar-refractivity contribution >= 4 is 29.1 Å². The second kappa shape index (κ2) is 8.48. The van der Waals surface area contributed by atoms with Crippen molar-refractivity contribution in [1.82, 2.24) is 20.1 Å². The Morgan fingerprint density at radius 1 is 1.30 bits per heavy atom. The number of aryl methyl sites for hydroxylation is 1. The number of hydrogen-bond donors (Lipinski definition) is 1. The second-order valence-corrected chi connectivity index (χ2v) is 7.88. The van der Waals surface area contributed by atoms with Gasteiger partial charge in [-0.3, -0.25) is 14.5 Å². The van der Waals surface area contributed by atoms with Gasteiger partial charge in [0.2, 0.25) is 0 Å². The number of nitrogens with one attached hydrogen (secondary N) is 1. The van der Waals surface area contributed by atoms with Crippen molar-refractivity contribution in [3.63, 3.8) is 0 Å². The van der Waals surface area contributed by atoms with Gasteiger partial charge in [-0.2, -0.15) is 0 Å². The molecule has 3 rings (SSSR count). The molecule has 2 aromatic rings. The molecule has 0 aliphatic heterocycles. The van der Waals surface area contributed by atoms with Crippen LogP contribution in [0.1, 0.15) is 47.4 Å². The first-order chi connectivity index (χ1) is 12.9. The van der Waals surface area contributed by atoms with Crippen LogP contribution in [0.25, 0.3) is 0 Å². The van der Waals surface area contributed by atoms with E-state index in [1.165, 1.54) is 0 Å². The van der Waals surface area contributed by atoms with Gasteiger partial charge >= 0.3 is 0 Å². The van der Waals surface area contributed by atoms with Gasteiger partial charge in [0.25, 0.3) is 11.8 Å². The second-order valence-electron chi connectivity index (χ2n) is 7.07. The van der Waals surface area contributed by atoms with Gasteiger partial charge in [0.05, 0.1) is 29.1 Å². The van der Waals surface area contributed by atoms with E-state index in [0.717, 1.165) is 37.9 Å². The number of methoxy groups -OCH3 is 1. The highest BCUT2D eigenvalue weighted by atomic mass is 35.5. The molecule has 2 heterocycles. The molecule has 1 amide bonds. The van der Waals surface area contributed by atoms with Gasteiger partial charge in [0, 0.05) is 18.8 Å². The van der Waals surface area contributed by atoms with Crippen molar-refractivity contribution < 1.29 is 9.53 Å². The highest BCUT2D eigenvalue weighted by molar-refractivity contribution is 6.32. The summed E-state index contributed by atoms with van der Waals surface area (Å²) in [5.41, 5.74) is 2.15. The number of carbonyl (C=O) groups excluding carboxylic acids is 1. The number of halogens is 2. The predicted octanol–water partition coefficient (Wildman–Crippen LogP) is 4.20. The van der Waals surface area contributed by atoms with Crippen LogP contribution in [0.5, 0.6) is 5.88 Å². The molecule has 0 aromatic carbocycles. The zero-order valence-electron chi connectivity index (χ0n) is 15.8. The third kappa shape index (κ3) is 4.55. The van der Waals surface area contributed by atoms with E-state index < -0.39 is 0 Å². The first kappa shape index (κ1) is 20.0. The zero-order chi connectivity index (χ0) is 19.6. The zero-order valence-corrected chi connectivity index (χ0v) is 17.3. The number of ether oxygens (including phenoxy) is 1. The molecular weight excluding hydrogens is 387 g/mol. The molecule has 0 radical (unpaired) electrons. The topological polar surface area (TPSA) is 69.0 Å². The van der Waals surface area contributed by atoms with E-state index in [0.29, 0.717) is 33.1 Å². The SMILES string of the molecule is COc1nn(CC2CCC(NC(=O)c3cc(Cl)cnc3C)CC2)c(C)c1Cl. The normalized spacial score (nSPS) is 19.7. The third-order valence-electron chi connectivity index (χ3n) is 5.21. The summed E-state index contributed by atoms with van der Waals surface area (Å²) in [6.07, 6.45) is 5.48. The predicted molar refractivity (Wildman–Crippen MR) is 106 cm³/mol. The van der Waals surface area contributed by atoms with E-state index in [1.54, 1.807) is 19.4 Å².